The van der Waals surface area contributed by atoms with E-state index in [4.69, 9.17) is 31.2 Å². The van der Waals surface area contributed by atoms with Gasteiger partial charge in [0, 0.05) is 30.8 Å². The summed E-state index contributed by atoms with van der Waals surface area (Å²) in [7, 11) is 0. The predicted molar refractivity (Wildman–Crippen MR) is 156 cm³/mol. The zero-order valence-electron chi connectivity index (χ0n) is 22.6. The third kappa shape index (κ3) is 8.81. The molecule has 0 bridgehead atoms. The van der Waals surface area contributed by atoms with Gasteiger partial charge in [0.05, 0.1) is 16.3 Å². The topological polar surface area (TPSA) is 154 Å². The van der Waals surface area contributed by atoms with Crippen LogP contribution in [0, 0.1) is 29.4 Å². The van der Waals surface area contributed by atoms with Crippen LogP contribution >= 0.6 is 11.8 Å². The standard InChI is InChI=1S/C28H31F2N5O2S.CH2O2/c1-18-26(37-16-19-5-3-2-4-6-19)25(36)22(15-35(18)17-28(33)9-11-34-12-10-28)27(32)38-24(31)13-20-7-8-21(29)14-23(20)30;2-1-3/h2-8,14-15,31-32,34H,9-13,16-17,33H2,1H3;1H,(H,2,3). The van der Waals surface area contributed by atoms with Gasteiger partial charge in [0.25, 0.3) is 6.47 Å². The van der Waals surface area contributed by atoms with E-state index >= 15 is 0 Å². The highest BCUT2D eigenvalue weighted by atomic mass is 32.2. The van der Waals surface area contributed by atoms with Crippen molar-refractivity contribution < 1.29 is 23.4 Å². The van der Waals surface area contributed by atoms with Gasteiger partial charge in [0.15, 0.2) is 5.75 Å². The lowest BCUT2D eigenvalue weighted by molar-refractivity contribution is -0.122. The normalized spacial score (nSPS) is 14.0. The number of pyridine rings is 1. The number of rotatable bonds is 8. The van der Waals surface area contributed by atoms with Gasteiger partial charge in [-0.1, -0.05) is 48.2 Å². The van der Waals surface area contributed by atoms with Gasteiger partial charge < -0.3 is 25.5 Å². The molecule has 0 spiro atoms. The van der Waals surface area contributed by atoms with Crippen LogP contribution < -0.4 is 21.2 Å². The molecule has 2 heterocycles. The van der Waals surface area contributed by atoms with Crippen molar-refractivity contribution in [2.75, 3.05) is 13.1 Å². The van der Waals surface area contributed by atoms with E-state index in [9.17, 15) is 13.6 Å². The molecule has 0 saturated carbocycles. The van der Waals surface area contributed by atoms with Gasteiger partial charge in [0.2, 0.25) is 5.43 Å². The average molecular weight is 586 g/mol. The zero-order valence-corrected chi connectivity index (χ0v) is 23.4. The molecule has 1 aromatic heterocycles. The number of ether oxygens (including phenoxy) is 1. The fourth-order valence-corrected chi connectivity index (χ4v) is 5.16. The van der Waals surface area contributed by atoms with E-state index in [1.54, 1.807) is 13.1 Å². The van der Waals surface area contributed by atoms with E-state index in [1.165, 1.54) is 6.07 Å². The summed E-state index contributed by atoms with van der Waals surface area (Å²) in [6.45, 7) is 3.75. The van der Waals surface area contributed by atoms with E-state index in [0.717, 1.165) is 55.4 Å². The molecule has 6 N–H and O–H groups in total. The summed E-state index contributed by atoms with van der Waals surface area (Å²) in [6.07, 6.45) is 2.99. The number of carboxylic acid groups (broad SMARTS) is 1. The van der Waals surface area contributed by atoms with Crippen molar-refractivity contribution in [3.8, 4) is 5.75 Å². The molecular formula is C29H33F2N5O4S. The Morgan fingerprint density at radius 1 is 1.20 bits per heavy atom. The Balaban J connectivity index is 0.00000147. The summed E-state index contributed by atoms with van der Waals surface area (Å²) in [5, 5.41) is 26.9. The van der Waals surface area contributed by atoms with Gasteiger partial charge in [-0.2, -0.15) is 0 Å². The van der Waals surface area contributed by atoms with Crippen molar-refractivity contribution in [3.63, 3.8) is 0 Å². The van der Waals surface area contributed by atoms with Gasteiger partial charge in [-0.15, -0.1) is 0 Å². The van der Waals surface area contributed by atoms with Crippen LogP contribution in [0.1, 0.15) is 35.2 Å². The van der Waals surface area contributed by atoms with Gasteiger partial charge in [-0.25, -0.2) is 8.78 Å². The molecule has 1 aliphatic rings. The number of aromatic nitrogens is 1. The van der Waals surface area contributed by atoms with Gasteiger partial charge in [-0.05, 0) is 50.0 Å². The van der Waals surface area contributed by atoms with Crippen LogP contribution in [0.4, 0.5) is 8.78 Å². The number of carbonyl (C=O) groups is 1. The summed E-state index contributed by atoms with van der Waals surface area (Å²) in [4.78, 5) is 21.9. The molecule has 0 aliphatic carbocycles. The first kappa shape index (κ1) is 31.7. The Morgan fingerprint density at radius 2 is 1.85 bits per heavy atom. The maximum atomic E-state index is 14.1. The van der Waals surface area contributed by atoms with E-state index in [1.807, 2.05) is 34.9 Å². The SMILES string of the molecule is Cc1c(OCc2ccccc2)c(=O)c(C(=N)SC(=N)Cc2ccc(F)cc2F)cn1CC1(N)CCNCC1.O=CO. The molecule has 1 fully saturated rings. The first-order valence-corrected chi connectivity index (χ1v) is 13.6. The largest absolute Gasteiger partial charge is 0.483 e. The summed E-state index contributed by atoms with van der Waals surface area (Å²) in [5.74, 6) is -1.33. The summed E-state index contributed by atoms with van der Waals surface area (Å²) in [5.41, 5.74) is 7.47. The molecule has 0 unspecified atom stereocenters. The minimum absolute atomic E-state index is 0.0487. The lowest BCUT2D eigenvalue weighted by Crippen LogP contribution is -2.52. The molecule has 41 heavy (non-hydrogen) atoms. The lowest BCUT2D eigenvalue weighted by atomic mass is 9.89. The number of hydrogen-bond acceptors (Lipinski definition) is 8. The number of piperidine rings is 1. The Bertz CT molecular complexity index is 1440. The molecule has 12 heteroatoms. The van der Waals surface area contributed by atoms with Gasteiger partial charge in [-0.3, -0.25) is 20.4 Å². The van der Waals surface area contributed by atoms with Gasteiger partial charge in [0.1, 0.15) is 23.3 Å². The maximum Gasteiger partial charge on any atom is 0.290 e. The first-order chi connectivity index (χ1) is 19.6. The number of thioether (sulfide) groups is 1. The minimum atomic E-state index is -0.758. The van der Waals surface area contributed by atoms with Crippen LogP contribution in [-0.4, -0.2) is 44.9 Å². The van der Waals surface area contributed by atoms with Crippen LogP contribution in [0.25, 0.3) is 0 Å². The average Bonchev–Trinajstić information content (AvgIpc) is 2.93. The van der Waals surface area contributed by atoms with E-state index < -0.39 is 22.6 Å². The summed E-state index contributed by atoms with van der Waals surface area (Å²) < 4.78 is 35.2. The number of hydrogen-bond donors (Lipinski definition) is 5. The maximum absolute atomic E-state index is 14.1. The van der Waals surface area contributed by atoms with E-state index in [0.29, 0.717) is 12.2 Å². The number of nitrogens with two attached hydrogens (primary N) is 1. The second kappa shape index (κ2) is 14.7. The Hall–Kier alpha value is -3.87. The fraction of sp³-hybridized carbons (Fsp3) is 0.310. The molecule has 218 valence electrons. The van der Waals surface area contributed by atoms with Crippen LogP contribution in [0.2, 0.25) is 0 Å². The summed E-state index contributed by atoms with van der Waals surface area (Å²) in [6, 6.07) is 12.6. The number of nitrogens with one attached hydrogen (secondary N) is 3. The van der Waals surface area contributed by atoms with Crippen LogP contribution in [0.5, 0.6) is 5.75 Å². The van der Waals surface area contributed by atoms with Crippen molar-refractivity contribution >= 4 is 28.3 Å². The van der Waals surface area contributed by atoms with Crippen LogP contribution in [0.15, 0.2) is 59.5 Å². The molecular weight excluding hydrogens is 552 g/mol. The second-order valence-electron chi connectivity index (χ2n) is 9.67. The van der Waals surface area contributed by atoms with Crippen molar-refractivity contribution in [2.45, 2.75) is 44.9 Å². The van der Waals surface area contributed by atoms with Crippen molar-refractivity contribution in [2.24, 2.45) is 5.73 Å². The lowest BCUT2D eigenvalue weighted by Gasteiger charge is -2.35. The Kier molecular flexibility index (Phi) is 11.3. The third-order valence-electron chi connectivity index (χ3n) is 6.64. The van der Waals surface area contributed by atoms with Crippen molar-refractivity contribution in [1.82, 2.24) is 9.88 Å². The molecule has 0 atom stereocenters. The highest BCUT2D eigenvalue weighted by Crippen LogP contribution is 2.24. The monoisotopic (exact) mass is 585 g/mol. The number of halogens is 2. The molecule has 4 rings (SSSR count). The summed E-state index contributed by atoms with van der Waals surface area (Å²) >= 11 is 0.754. The van der Waals surface area contributed by atoms with Gasteiger partial charge >= 0.3 is 0 Å². The molecule has 0 amide bonds. The molecule has 9 nitrogen and oxygen atoms in total. The quantitative estimate of drug-likeness (QED) is 0.152. The van der Waals surface area contributed by atoms with Crippen molar-refractivity contribution in [3.05, 3.63) is 99.0 Å². The smallest absolute Gasteiger partial charge is 0.290 e. The molecule has 2 aromatic carbocycles. The second-order valence-corrected chi connectivity index (χ2v) is 10.8. The Labute approximate surface area is 240 Å². The Morgan fingerprint density at radius 3 is 2.49 bits per heavy atom. The number of nitrogens with zero attached hydrogens (tertiary/aromatic N) is 1. The van der Waals surface area contributed by atoms with Crippen LogP contribution in [-0.2, 0) is 24.4 Å². The predicted octanol–water partition coefficient (Wildman–Crippen LogP) is 4.07. The highest BCUT2D eigenvalue weighted by molar-refractivity contribution is 8.26. The minimum Gasteiger partial charge on any atom is -0.483 e. The van der Waals surface area contributed by atoms with E-state index in [-0.39, 0.29) is 46.5 Å². The molecule has 3 aromatic rings. The van der Waals surface area contributed by atoms with E-state index in [2.05, 4.69) is 5.32 Å². The first-order valence-electron chi connectivity index (χ1n) is 12.8. The van der Waals surface area contributed by atoms with Crippen molar-refractivity contribution in [1.29, 1.82) is 10.8 Å². The third-order valence-corrected chi connectivity index (χ3v) is 7.46. The molecule has 1 aliphatic heterocycles. The molecule has 0 radical (unpaired) electrons. The highest BCUT2D eigenvalue weighted by Gasteiger charge is 2.29. The van der Waals surface area contributed by atoms with Crippen LogP contribution in [0.3, 0.4) is 0 Å². The number of benzene rings is 2. The fourth-order valence-electron chi connectivity index (χ4n) is 4.43. The molecule has 1 saturated heterocycles. The zero-order chi connectivity index (χ0) is 30.0.